The van der Waals surface area contributed by atoms with E-state index in [0.717, 1.165) is 29.8 Å². The van der Waals surface area contributed by atoms with Gasteiger partial charge >= 0.3 is 0 Å². The molecular weight excluding hydrogens is 316 g/mol. The van der Waals surface area contributed by atoms with Crippen molar-refractivity contribution in [3.63, 3.8) is 0 Å². The monoisotopic (exact) mass is 338 g/mol. The van der Waals surface area contributed by atoms with Crippen LogP contribution in [0.25, 0.3) is 0 Å². The van der Waals surface area contributed by atoms with Gasteiger partial charge in [-0.3, -0.25) is 9.59 Å². The molecule has 1 aliphatic heterocycles. The number of amides is 1. The first-order valence-corrected chi connectivity index (χ1v) is 8.81. The minimum atomic E-state index is -0.328. The molecule has 2 aliphatic rings. The van der Waals surface area contributed by atoms with E-state index in [9.17, 15) is 9.59 Å². The number of aromatic nitrogens is 1. The van der Waals surface area contributed by atoms with Crippen LogP contribution in [0.5, 0.6) is 5.75 Å². The highest BCUT2D eigenvalue weighted by Gasteiger charge is 2.31. The number of ether oxygens (including phenoxy) is 1. The van der Waals surface area contributed by atoms with Crippen LogP contribution < -0.4 is 15.5 Å². The number of para-hydroxylation sites is 1. The fourth-order valence-corrected chi connectivity index (χ4v) is 3.50. The average Bonchev–Trinajstić information content (AvgIpc) is 3.38. The molecule has 2 heterocycles. The van der Waals surface area contributed by atoms with Crippen molar-refractivity contribution >= 4 is 5.91 Å². The van der Waals surface area contributed by atoms with Crippen LogP contribution in [-0.2, 0) is 0 Å². The molecule has 0 bridgehead atoms. The molecule has 5 nitrogen and oxygen atoms in total. The zero-order valence-corrected chi connectivity index (χ0v) is 14.5. The zero-order chi connectivity index (χ0) is 17.6. The van der Waals surface area contributed by atoms with Crippen LogP contribution in [0.2, 0.25) is 0 Å². The van der Waals surface area contributed by atoms with E-state index < -0.39 is 0 Å². The molecule has 2 atom stereocenters. The first kappa shape index (κ1) is 15.9. The molecule has 0 spiro atoms. The largest absolute Gasteiger partial charge is 0.488 e. The third kappa shape index (κ3) is 2.95. The number of hydrogen-bond acceptors (Lipinski definition) is 3. The maximum Gasteiger partial charge on any atom is 0.256 e. The third-order valence-electron chi connectivity index (χ3n) is 5.18. The van der Waals surface area contributed by atoms with E-state index in [1.54, 1.807) is 12.3 Å². The molecule has 4 rings (SSSR count). The molecule has 5 heteroatoms. The van der Waals surface area contributed by atoms with Crippen LogP contribution >= 0.6 is 0 Å². The number of nitrogens with one attached hydrogen (secondary N) is 1. The smallest absolute Gasteiger partial charge is 0.256 e. The van der Waals surface area contributed by atoms with Crippen molar-refractivity contribution in [1.82, 2.24) is 9.88 Å². The van der Waals surface area contributed by atoms with Gasteiger partial charge in [-0.2, -0.15) is 0 Å². The van der Waals surface area contributed by atoms with Crippen LogP contribution in [0, 0.1) is 6.92 Å². The summed E-state index contributed by atoms with van der Waals surface area (Å²) < 4.78 is 7.97. The van der Waals surface area contributed by atoms with Crippen LogP contribution in [0.15, 0.2) is 41.3 Å². The van der Waals surface area contributed by atoms with Crippen LogP contribution in [-0.4, -0.2) is 23.1 Å². The summed E-state index contributed by atoms with van der Waals surface area (Å²) in [6, 6.07) is 9.92. The van der Waals surface area contributed by atoms with Crippen LogP contribution in [0.4, 0.5) is 0 Å². The molecule has 1 fully saturated rings. The maximum absolute atomic E-state index is 12.5. The van der Waals surface area contributed by atoms with Gasteiger partial charge in [-0.15, -0.1) is 0 Å². The van der Waals surface area contributed by atoms with Gasteiger partial charge in [0.2, 0.25) is 0 Å². The van der Waals surface area contributed by atoms with E-state index in [4.69, 9.17) is 4.74 Å². The number of aryl methyl sites for hydroxylation is 1. The summed E-state index contributed by atoms with van der Waals surface area (Å²) >= 11 is 0. The molecule has 1 aromatic heterocycles. The lowest BCUT2D eigenvalue weighted by atomic mass is 9.97. The molecule has 1 aromatic carbocycles. The summed E-state index contributed by atoms with van der Waals surface area (Å²) in [5.41, 5.74) is 2.05. The zero-order valence-electron chi connectivity index (χ0n) is 14.5. The number of rotatable bonds is 4. The first-order chi connectivity index (χ1) is 12.0. The molecule has 1 N–H and O–H groups in total. The van der Waals surface area contributed by atoms with Gasteiger partial charge < -0.3 is 14.6 Å². The number of benzene rings is 1. The van der Waals surface area contributed by atoms with Gasteiger partial charge in [0.05, 0.1) is 6.54 Å². The number of pyridine rings is 1. The Labute approximate surface area is 146 Å². The Hall–Kier alpha value is -2.56. The number of fused-ring (bicyclic) bond motifs is 1. The summed E-state index contributed by atoms with van der Waals surface area (Å²) in [5, 5.41) is 2.88. The summed E-state index contributed by atoms with van der Waals surface area (Å²) in [4.78, 5) is 24.7. The highest BCUT2D eigenvalue weighted by molar-refractivity contribution is 5.93. The second kappa shape index (κ2) is 6.06. The Kier molecular flexibility index (Phi) is 3.86. The molecule has 1 aliphatic carbocycles. The minimum Gasteiger partial charge on any atom is -0.488 e. The summed E-state index contributed by atoms with van der Waals surface area (Å²) in [6.45, 7) is 4.38. The lowest BCUT2D eigenvalue weighted by molar-refractivity contribution is 0.0927. The van der Waals surface area contributed by atoms with E-state index in [0.29, 0.717) is 12.6 Å². The van der Waals surface area contributed by atoms with E-state index in [1.165, 1.54) is 0 Å². The second-order valence-electron chi connectivity index (χ2n) is 7.02. The number of nitrogens with zero attached hydrogens (tertiary/aromatic N) is 1. The van der Waals surface area contributed by atoms with Crippen molar-refractivity contribution < 1.29 is 9.53 Å². The van der Waals surface area contributed by atoms with Crippen molar-refractivity contribution in [3.8, 4) is 5.75 Å². The van der Waals surface area contributed by atoms with Gasteiger partial charge in [-0.1, -0.05) is 25.1 Å². The van der Waals surface area contributed by atoms with Gasteiger partial charge in [0, 0.05) is 35.5 Å². The highest BCUT2D eigenvalue weighted by Crippen LogP contribution is 2.37. The third-order valence-corrected chi connectivity index (χ3v) is 5.18. The molecule has 25 heavy (non-hydrogen) atoms. The Morgan fingerprint density at radius 1 is 1.32 bits per heavy atom. The van der Waals surface area contributed by atoms with Gasteiger partial charge in [-0.25, -0.2) is 0 Å². The SMILES string of the molecule is Cc1cc(=O)c(C(=O)NC[C@H]2Oc3ccccc3[C@H]2C)cn1C1CC1. The predicted octanol–water partition coefficient (Wildman–Crippen LogP) is 2.79. The fraction of sp³-hybridized carbons (Fsp3) is 0.400. The van der Waals surface area contributed by atoms with Gasteiger partial charge in [0.15, 0.2) is 5.43 Å². The van der Waals surface area contributed by atoms with Crippen LogP contribution in [0.3, 0.4) is 0 Å². The van der Waals surface area contributed by atoms with Gasteiger partial charge in [0.25, 0.3) is 5.91 Å². The minimum absolute atomic E-state index is 0.113. The van der Waals surface area contributed by atoms with E-state index in [-0.39, 0.29) is 28.9 Å². The Bertz CT molecular complexity index is 883. The lowest BCUT2D eigenvalue weighted by Gasteiger charge is -2.17. The molecule has 130 valence electrons. The van der Waals surface area contributed by atoms with Crippen molar-refractivity contribution in [2.24, 2.45) is 0 Å². The van der Waals surface area contributed by atoms with Crippen molar-refractivity contribution in [2.45, 2.75) is 44.8 Å². The molecular formula is C20H22N2O3. The van der Waals surface area contributed by atoms with Gasteiger partial charge in [-0.05, 0) is 25.8 Å². The van der Waals surface area contributed by atoms with Crippen molar-refractivity contribution in [3.05, 3.63) is 63.6 Å². The normalized spacial score (nSPS) is 21.5. The Morgan fingerprint density at radius 3 is 2.80 bits per heavy atom. The Balaban J connectivity index is 1.47. The quantitative estimate of drug-likeness (QED) is 0.932. The molecule has 1 saturated carbocycles. The second-order valence-corrected chi connectivity index (χ2v) is 7.02. The topological polar surface area (TPSA) is 60.3 Å². The molecule has 0 unspecified atom stereocenters. The summed E-state index contributed by atoms with van der Waals surface area (Å²) in [5.74, 6) is 0.754. The summed E-state index contributed by atoms with van der Waals surface area (Å²) in [7, 11) is 0. The van der Waals surface area contributed by atoms with E-state index in [1.807, 2.05) is 29.7 Å². The maximum atomic E-state index is 12.5. The average molecular weight is 338 g/mol. The van der Waals surface area contributed by atoms with E-state index >= 15 is 0 Å². The fourth-order valence-electron chi connectivity index (χ4n) is 3.50. The molecule has 0 radical (unpaired) electrons. The predicted molar refractivity (Wildman–Crippen MR) is 95.3 cm³/mol. The lowest BCUT2D eigenvalue weighted by Crippen LogP contribution is -2.38. The molecule has 0 saturated heterocycles. The number of carbonyl (C=O) groups excluding carboxylic acids is 1. The highest BCUT2D eigenvalue weighted by atomic mass is 16.5. The van der Waals surface area contributed by atoms with E-state index in [2.05, 4.69) is 18.3 Å². The summed E-state index contributed by atoms with van der Waals surface area (Å²) in [6.07, 6.45) is 3.81. The number of hydrogen-bond donors (Lipinski definition) is 1. The first-order valence-electron chi connectivity index (χ1n) is 8.81. The van der Waals surface area contributed by atoms with Crippen LogP contribution in [0.1, 0.15) is 53.3 Å². The molecule has 1 amide bonds. The Morgan fingerprint density at radius 2 is 2.08 bits per heavy atom. The van der Waals surface area contributed by atoms with Crippen molar-refractivity contribution in [2.75, 3.05) is 6.54 Å². The molecule has 2 aromatic rings. The van der Waals surface area contributed by atoms with Gasteiger partial charge in [0.1, 0.15) is 17.4 Å². The standard InChI is InChI=1S/C20H22N2O3/c1-12-9-17(23)16(11-22(12)14-7-8-14)20(24)21-10-19-13(2)15-5-3-4-6-18(15)25-19/h3-6,9,11,13-14,19H,7-8,10H2,1-2H3,(H,21,24)/t13-,19-/m1/s1. The van der Waals surface area contributed by atoms with Crippen molar-refractivity contribution in [1.29, 1.82) is 0 Å². The number of carbonyl (C=O) groups is 1.